The first-order chi connectivity index (χ1) is 16.1. The van der Waals surface area contributed by atoms with Crippen molar-refractivity contribution in [1.29, 1.82) is 0 Å². The Bertz CT molecular complexity index is 1170. The van der Waals surface area contributed by atoms with Crippen molar-refractivity contribution in [3.8, 4) is 16.9 Å². The summed E-state index contributed by atoms with van der Waals surface area (Å²) in [6.07, 6.45) is 3.61. The Morgan fingerprint density at radius 3 is 2.09 bits per heavy atom. The van der Waals surface area contributed by atoms with Crippen LogP contribution >= 0.6 is 0 Å². The van der Waals surface area contributed by atoms with Crippen molar-refractivity contribution in [2.75, 3.05) is 6.61 Å². The van der Waals surface area contributed by atoms with Crippen molar-refractivity contribution < 1.29 is 28.6 Å². The molecule has 0 unspecified atom stereocenters. The lowest BCUT2D eigenvalue weighted by molar-refractivity contribution is -0.150. The summed E-state index contributed by atoms with van der Waals surface area (Å²) < 4.78 is 15.2. The molecule has 2 aromatic carbocycles. The van der Waals surface area contributed by atoms with Gasteiger partial charge < -0.3 is 14.2 Å². The van der Waals surface area contributed by atoms with Crippen LogP contribution in [0.25, 0.3) is 16.7 Å². The number of hydrogen-bond donors (Lipinski definition) is 0. The monoisotopic (exact) mass is 460 g/mol. The molecular formula is C28H28O6. The van der Waals surface area contributed by atoms with Gasteiger partial charge in [-0.25, -0.2) is 14.4 Å². The lowest BCUT2D eigenvalue weighted by Gasteiger charge is -2.08. The molecule has 0 N–H and O–H groups in total. The van der Waals surface area contributed by atoms with Crippen LogP contribution in [0, 0.1) is 0 Å². The highest BCUT2D eigenvalue weighted by Gasteiger charge is 2.10. The number of benzene rings is 2. The van der Waals surface area contributed by atoms with Gasteiger partial charge in [-0.3, -0.25) is 0 Å². The maximum atomic E-state index is 11.8. The van der Waals surface area contributed by atoms with Crippen LogP contribution < -0.4 is 4.74 Å². The van der Waals surface area contributed by atoms with Crippen LogP contribution in [0.2, 0.25) is 0 Å². The lowest BCUT2D eigenvalue weighted by Crippen LogP contribution is -2.18. The van der Waals surface area contributed by atoms with E-state index in [-0.39, 0.29) is 5.57 Å². The molecule has 0 fully saturated rings. The molecular weight excluding hydrogens is 432 g/mol. The van der Waals surface area contributed by atoms with Gasteiger partial charge in [-0.1, -0.05) is 49.6 Å². The zero-order chi connectivity index (χ0) is 25.3. The summed E-state index contributed by atoms with van der Waals surface area (Å²) in [5.74, 6) is -0.957. The first-order valence-electron chi connectivity index (χ1n) is 10.5. The van der Waals surface area contributed by atoms with E-state index in [1.54, 1.807) is 32.1 Å². The van der Waals surface area contributed by atoms with Crippen molar-refractivity contribution in [1.82, 2.24) is 0 Å². The highest BCUT2D eigenvalue weighted by Crippen LogP contribution is 2.26. The van der Waals surface area contributed by atoms with Crippen molar-refractivity contribution in [2.45, 2.75) is 27.7 Å². The van der Waals surface area contributed by atoms with E-state index >= 15 is 0 Å². The topological polar surface area (TPSA) is 78.9 Å². The number of carbonyl (C=O) groups excluding carboxylic acids is 3. The van der Waals surface area contributed by atoms with Gasteiger partial charge >= 0.3 is 17.9 Å². The van der Waals surface area contributed by atoms with Crippen molar-refractivity contribution in [3.05, 3.63) is 96.3 Å². The highest BCUT2D eigenvalue weighted by molar-refractivity contribution is 5.89. The quantitative estimate of drug-likeness (QED) is 0.155. The third-order valence-electron chi connectivity index (χ3n) is 4.58. The second-order valence-electron chi connectivity index (χ2n) is 7.73. The second-order valence-corrected chi connectivity index (χ2v) is 7.73. The summed E-state index contributed by atoms with van der Waals surface area (Å²) >= 11 is 0. The summed E-state index contributed by atoms with van der Waals surface area (Å²) in [6.45, 7) is 13.3. The predicted octanol–water partition coefficient (Wildman–Crippen LogP) is 5.80. The average molecular weight is 461 g/mol. The van der Waals surface area contributed by atoms with E-state index < -0.39 is 24.5 Å². The maximum Gasteiger partial charge on any atom is 0.349 e. The van der Waals surface area contributed by atoms with E-state index in [0.29, 0.717) is 17.1 Å². The zero-order valence-electron chi connectivity index (χ0n) is 19.8. The molecule has 0 aliphatic heterocycles. The molecule has 0 saturated carbocycles. The fourth-order valence-electron chi connectivity index (χ4n) is 2.67. The number of rotatable bonds is 9. The van der Waals surface area contributed by atoms with Crippen molar-refractivity contribution in [3.63, 3.8) is 0 Å². The molecule has 0 amide bonds. The minimum Gasteiger partial charge on any atom is -0.450 e. The van der Waals surface area contributed by atoms with Crippen LogP contribution in [0.5, 0.6) is 5.75 Å². The number of carbonyl (C=O) groups is 3. The van der Waals surface area contributed by atoms with E-state index in [9.17, 15) is 14.4 Å². The van der Waals surface area contributed by atoms with Gasteiger partial charge in [-0.05, 0) is 74.2 Å². The molecule has 0 aliphatic rings. The van der Waals surface area contributed by atoms with Crippen LogP contribution in [0.15, 0.2) is 90.7 Å². The molecule has 2 aromatic rings. The fraction of sp³-hybridized carbons (Fsp3) is 0.179. The minimum atomic E-state index is -0.678. The Kier molecular flexibility index (Phi) is 9.32. The molecule has 0 spiro atoms. The normalized spacial score (nSPS) is 11.4. The Morgan fingerprint density at radius 2 is 1.47 bits per heavy atom. The summed E-state index contributed by atoms with van der Waals surface area (Å²) in [5, 5.41) is 0. The fourth-order valence-corrected chi connectivity index (χ4v) is 2.67. The standard InChI is InChI=1S/C28H28O6/c1-18(2)27(30)32-17-26(29)34-25-14-12-22(13-15-25)24-9-7-8-23(16-24)20(5)10-11-21(6)33-28(31)19(3)4/h7-16H,1,3,17H2,2,4-6H3/b20-10+,21-11+. The van der Waals surface area contributed by atoms with Gasteiger partial charge in [-0.2, -0.15) is 0 Å². The third kappa shape index (κ3) is 8.06. The molecule has 0 aliphatic carbocycles. The Hall–Kier alpha value is -4.19. The molecule has 0 radical (unpaired) electrons. The Morgan fingerprint density at radius 1 is 0.824 bits per heavy atom. The molecule has 6 heteroatoms. The molecule has 0 atom stereocenters. The average Bonchev–Trinajstić information content (AvgIpc) is 2.81. The maximum absolute atomic E-state index is 11.8. The number of hydrogen-bond acceptors (Lipinski definition) is 6. The molecule has 176 valence electrons. The smallest absolute Gasteiger partial charge is 0.349 e. The van der Waals surface area contributed by atoms with Crippen LogP contribution in [-0.4, -0.2) is 24.5 Å². The number of esters is 3. The molecule has 0 saturated heterocycles. The Balaban J connectivity index is 2.07. The third-order valence-corrected chi connectivity index (χ3v) is 4.58. The zero-order valence-corrected chi connectivity index (χ0v) is 19.8. The summed E-state index contributed by atoms with van der Waals surface area (Å²) in [7, 11) is 0. The molecule has 6 nitrogen and oxygen atoms in total. The highest BCUT2D eigenvalue weighted by atomic mass is 16.6. The van der Waals surface area contributed by atoms with Gasteiger partial charge in [0.15, 0.2) is 6.61 Å². The van der Waals surface area contributed by atoms with E-state index in [1.165, 1.54) is 6.92 Å². The van der Waals surface area contributed by atoms with Gasteiger partial charge in [-0.15, -0.1) is 0 Å². The van der Waals surface area contributed by atoms with Gasteiger partial charge in [0.25, 0.3) is 0 Å². The van der Waals surface area contributed by atoms with Gasteiger partial charge in [0.1, 0.15) is 11.5 Å². The first-order valence-corrected chi connectivity index (χ1v) is 10.5. The minimum absolute atomic E-state index is 0.210. The van der Waals surface area contributed by atoms with Crippen molar-refractivity contribution in [2.24, 2.45) is 0 Å². The van der Waals surface area contributed by atoms with Gasteiger partial charge in [0, 0.05) is 11.1 Å². The van der Waals surface area contributed by atoms with E-state index in [1.807, 2.05) is 49.4 Å². The predicted molar refractivity (Wildman–Crippen MR) is 132 cm³/mol. The van der Waals surface area contributed by atoms with E-state index in [0.717, 1.165) is 22.3 Å². The SMILES string of the molecule is C=C(C)C(=O)OCC(=O)Oc1ccc(-c2cccc(/C(C)=C/C=C(\C)OC(=O)C(=C)C)c2)cc1. The number of ether oxygens (including phenoxy) is 3. The van der Waals surface area contributed by atoms with Gasteiger partial charge in [0.2, 0.25) is 0 Å². The number of allylic oxidation sites excluding steroid dienone is 4. The van der Waals surface area contributed by atoms with Crippen LogP contribution in [0.4, 0.5) is 0 Å². The molecule has 0 heterocycles. The van der Waals surface area contributed by atoms with Crippen LogP contribution in [-0.2, 0) is 23.9 Å². The van der Waals surface area contributed by atoms with E-state index in [4.69, 9.17) is 14.2 Å². The molecule has 0 bridgehead atoms. The first kappa shape index (κ1) is 26.1. The molecule has 0 aromatic heterocycles. The summed E-state index contributed by atoms with van der Waals surface area (Å²) in [5.41, 5.74) is 4.46. The largest absolute Gasteiger partial charge is 0.450 e. The van der Waals surface area contributed by atoms with E-state index in [2.05, 4.69) is 13.2 Å². The molecule has 34 heavy (non-hydrogen) atoms. The van der Waals surface area contributed by atoms with Gasteiger partial charge in [0.05, 0.1) is 0 Å². The Labute approximate surface area is 199 Å². The second kappa shape index (κ2) is 12.2. The van der Waals surface area contributed by atoms with Crippen molar-refractivity contribution >= 4 is 23.5 Å². The van der Waals surface area contributed by atoms with Crippen LogP contribution in [0.1, 0.15) is 33.3 Å². The summed E-state index contributed by atoms with van der Waals surface area (Å²) in [6, 6.07) is 15.0. The lowest BCUT2D eigenvalue weighted by atomic mass is 9.99. The molecule has 2 rings (SSSR count). The summed E-state index contributed by atoms with van der Waals surface area (Å²) in [4.78, 5) is 34.8. The van der Waals surface area contributed by atoms with Crippen LogP contribution in [0.3, 0.4) is 0 Å².